The van der Waals surface area contributed by atoms with Crippen LogP contribution in [0.4, 0.5) is 0 Å². The van der Waals surface area contributed by atoms with Gasteiger partial charge in [-0.15, -0.1) is 6.58 Å². The molecule has 62 valence electrons. The van der Waals surface area contributed by atoms with Gasteiger partial charge in [0.2, 0.25) is 0 Å². The van der Waals surface area contributed by atoms with E-state index >= 15 is 0 Å². The van der Waals surface area contributed by atoms with Crippen molar-refractivity contribution in [3.8, 4) is 0 Å². The van der Waals surface area contributed by atoms with Gasteiger partial charge in [-0.25, -0.2) is 9.55 Å². The number of hydrogen-bond donors (Lipinski definition) is 1. The third-order valence-corrected chi connectivity index (χ3v) is 2.24. The second-order valence-corrected chi connectivity index (χ2v) is 2.98. The van der Waals surface area contributed by atoms with E-state index in [4.69, 9.17) is 0 Å². The number of hydrogen-bond acceptors (Lipinski definition) is 1. The summed E-state index contributed by atoms with van der Waals surface area (Å²) < 4.78 is 2.05. The average Bonchev–Trinajstić information content (AvgIpc) is 2.31. The van der Waals surface area contributed by atoms with Crippen LogP contribution in [0.25, 0.3) is 0 Å². The van der Waals surface area contributed by atoms with Crippen LogP contribution < -0.4 is 21.5 Å². The fourth-order valence-electron chi connectivity index (χ4n) is 0.671. The van der Waals surface area contributed by atoms with Crippen molar-refractivity contribution in [2.45, 2.75) is 5.16 Å². The summed E-state index contributed by atoms with van der Waals surface area (Å²) in [4.78, 5) is 3.12. The van der Waals surface area contributed by atoms with Crippen LogP contribution in [0, 0.1) is 0 Å². The first-order valence-corrected chi connectivity index (χ1v) is 4.10. The largest absolute Gasteiger partial charge is 1.00 e. The fourth-order valence-corrected chi connectivity index (χ4v) is 1.36. The summed E-state index contributed by atoms with van der Waals surface area (Å²) in [6.07, 6.45) is 5.81. The molecule has 0 aliphatic carbocycles. The molecular formula is C7H11BrN2S. The molecule has 1 aromatic rings. The summed E-state index contributed by atoms with van der Waals surface area (Å²) in [6.45, 7) is 3.65. The summed E-state index contributed by atoms with van der Waals surface area (Å²) in [7, 11) is 2.02. The van der Waals surface area contributed by atoms with Gasteiger partial charge in [0.05, 0.1) is 7.05 Å². The van der Waals surface area contributed by atoms with E-state index in [9.17, 15) is 0 Å². The quantitative estimate of drug-likeness (QED) is 0.369. The monoisotopic (exact) mass is 234 g/mol. The topological polar surface area (TPSA) is 19.7 Å². The van der Waals surface area contributed by atoms with Gasteiger partial charge in [0.15, 0.2) is 0 Å². The van der Waals surface area contributed by atoms with Crippen LogP contribution in [0.15, 0.2) is 30.2 Å². The Kier molecular flexibility index (Phi) is 5.32. The fraction of sp³-hybridized carbons (Fsp3) is 0.286. The molecule has 0 spiro atoms. The highest BCUT2D eigenvalue weighted by Crippen LogP contribution is 2.08. The molecule has 0 radical (unpaired) electrons. The third-order valence-electron chi connectivity index (χ3n) is 1.16. The molecule has 2 nitrogen and oxygen atoms in total. The Morgan fingerprint density at radius 3 is 3.00 bits per heavy atom. The van der Waals surface area contributed by atoms with Crippen LogP contribution in [-0.2, 0) is 7.05 Å². The van der Waals surface area contributed by atoms with E-state index in [-0.39, 0.29) is 17.0 Å². The lowest BCUT2D eigenvalue weighted by Crippen LogP contribution is -3.00. The van der Waals surface area contributed by atoms with Crippen molar-refractivity contribution in [3.05, 3.63) is 25.0 Å². The zero-order valence-electron chi connectivity index (χ0n) is 6.38. The second-order valence-electron chi connectivity index (χ2n) is 1.98. The van der Waals surface area contributed by atoms with Crippen LogP contribution in [0.5, 0.6) is 0 Å². The minimum absolute atomic E-state index is 0. The molecule has 4 heteroatoms. The number of rotatable bonds is 3. The first kappa shape index (κ1) is 10.8. The van der Waals surface area contributed by atoms with E-state index in [2.05, 4.69) is 11.6 Å². The minimum atomic E-state index is 0. The van der Waals surface area contributed by atoms with Crippen LogP contribution in [-0.4, -0.2) is 10.7 Å². The molecular weight excluding hydrogens is 224 g/mol. The van der Waals surface area contributed by atoms with Gasteiger partial charge in [-0.1, -0.05) is 6.08 Å². The highest BCUT2D eigenvalue weighted by molar-refractivity contribution is 7.99. The predicted molar refractivity (Wildman–Crippen MR) is 42.9 cm³/mol. The van der Waals surface area contributed by atoms with E-state index in [1.54, 1.807) is 11.8 Å². The summed E-state index contributed by atoms with van der Waals surface area (Å²) in [5, 5.41) is 1.17. The Morgan fingerprint density at radius 2 is 2.55 bits per heavy atom. The molecule has 0 aliphatic rings. The molecule has 0 atom stereocenters. The molecule has 1 N–H and O–H groups in total. The third kappa shape index (κ3) is 3.12. The van der Waals surface area contributed by atoms with Gasteiger partial charge in [-0.2, -0.15) is 0 Å². The van der Waals surface area contributed by atoms with Crippen molar-refractivity contribution < 1.29 is 21.5 Å². The standard InChI is InChI=1S/C7H10N2S.BrH/c1-3-6-10-7-8-4-5-9(7)2;/h3-5H,1,6H2,2H3;1H. The highest BCUT2D eigenvalue weighted by Gasteiger charge is 2.03. The molecule has 1 aromatic heterocycles. The average molecular weight is 235 g/mol. The van der Waals surface area contributed by atoms with E-state index in [0.717, 1.165) is 5.75 Å². The van der Waals surface area contributed by atoms with Crippen molar-refractivity contribution in [3.63, 3.8) is 0 Å². The van der Waals surface area contributed by atoms with Gasteiger partial charge in [0.1, 0.15) is 12.4 Å². The van der Waals surface area contributed by atoms with Crippen LogP contribution in [0.3, 0.4) is 0 Å². The van der Waals surface area contributed by atoms with E-state index in [1.165, 1.54) is 5.16 Å². The lowest BCUT2D eigenvalue weighted by atomic mass is 10.8. The highest BCUT2D eigenvalue weighted by atomic mass is 79.9. The van der Waals surface area contributed by atoms with Crippen LogP contribution in [0.2, 0.25) is 0 Å². The van der Waals surface area contributed by atoms with Crippen molar-refractivity contribution in [1.29, 1.82) is 0 Å². The molecule has 0 bridgehead atoms. The van der Waals surface area contributed by atoms with Crippen LogP contribution >= 0.6 is 11.8 Å². The Labute approximate surface area is 81.5 Å². The van der Waals surface area contributed by atoms with Crippen molar-refractivity contribution >= 4 is 11.8 Å². The smallest absolute Gasteiger partial charge is 0.315 e. The number of nitrogens with zero attached hydrogens (tertiary/aromatic N) is 1. The summed E-state index contributed by atoms with van der Waals surface area (Å²) in [6, 6.07) is 0. The number of imidazole rings is 1. The number of thioether (sulfide) groups is 1. The number of nitrogens with one attached hydrogen (secondary N) is 1. The van der Waals surface area contributed by atoms with E-state index in [0.29, 0.717) is 0 Å². The van der Waals surface area contributed by atoms with E-state index < -0.39 is 0 Å². The number of aromatic nitrogens is 2. The lowest BCUT2D eigenvalue weighted by molar-refractivity contribution is -0.708. The van der Waals surface area contributed by atoms with Crippen molar-refractivity contribution in [2.24, 2.45) is 7.05 Å². The molecule has 1 rings (SSSR count). The van der Waals surface area contributed by atoms with Gasteiger partial charge in [-0.3, -0.25) is 0 Å². The van der Waals surface area contributed by atoms with Gasteiger partial charge >= 0.3 is 5.16 Å². The Balaban J connectivity index is 0.000001000. The summed E-state index contributed by atoms with van der Waals surface area (Å²) in [5.41, 5.74) is 0. The molecule has 0 saturated heterocycles. The maximum absolute atomic E-state index is 3.65. The summed E-state index contributed by atoms with van der Waals surface area (Å²) >= 11 is 1.74. The van der Waals surface area contributed by atoms with Gasteiger partial charge in [0, 0.05) is 5.75 Å². The maximum Gasteiger partial charge on any atom is 0.315 e. The zero-order valence-corrected chi connectivity index (χ0v) is 8.78. The molecule has 1 heterocycles. The molecule has 0 saturated carbocycles. The molecule has 0 fully saturated rings. The van der Waals surface area contributed by atoms with Crippen LogP contribution in [0.1, 0.15) is 0 Å². The first-order chi connectivity index (χ1) is 4.84. The number of halogens is 1. The Hall–Kier alpha value is -0.220. The normalized spacial score (nSPS) is 8.82. The number of aryl methyl sites for hydroxylation is 1. The minimum Gasteiger partial charge on any atom is -1.00 e. The Bertz CT molecular complexity index is 222. The van der Waals surface area contributed by atoms with Gasteiger partial charge in [0.25, 0.3) is 0 Å². The second kappa shape index (κ2) is 5.43. The predicted octanol–water partition coefficient (Wildman–Crippen LogP) is -1.88. The van der Waals surface area contributed by atoms with Gasteiger partial charge < -0.3 is 17.0 Å². The maximum atomic E-state index is 3.65. The zero-order chi connectivity index (χ0) is 7.40. The van der Waals surface area contributed by atoms with Gasteiger partial charge in [-0.05, 0) is 11.8 Å². The van der Waals surface area contributed by atoms with Crippen molar-refractivity contribution in [1.82, 2.24) is 4.98 Å². The van der Waals surface area contributed by atoms with E-state index in [1.807, 2.05) is 30.1 Å². The first-order valence-electron chi connectivity index (χ1n) is 3.11. The number of aromatic amines is 1. The molecule has 11 heavy (non-hydrogen) atoms. The number of H-pyrrole nitrogens is 1. The van der Waals surface area contributed by atoms with Crippen molar-refractivity contribution in [2.75, 3.05) is 5.75 Å². The SMILES string of the molecule is C=CCSc1[nH]cc[n+]1C.[Br-]. The Morgan fingerprint density at radius 1 is 1.82 bits per heavy atom. The molecule has 0 amide bonds. The molecule has 0 aliphatic heterocycles. The molecule has 0 aromatic carbocycles. The summed E-state index contributed by atoms with van der Waals surface area (Å²) in [5.74, 6) is 0.953. The molecule has 0 unspecified atom stereocenters. The lowest BCUT2D eigenvalue weighted by Gasteiger charge is -1.88.